The van der Waals surface area contributed by atoms with Crippen molar-refractivity contribution in [1.29, 1.82) is 5.26 Å². The molecule has 1 heterocycles. The van der Waals surface area contributed by atoms with E-state index in [4.69, 9.17) is 0 Å². The molecule has 1 atom stereocenters. The first-order valence-electron chi connectivity index (χ1n) is 9.55. The number of nitriles is 1. The van der Waals surface area contributed by atoms with E-state index in [-0.39, 0.29) is 5.69 Å². The third-order valence-corrected chi connectivity index (χ3v) is 5.00. The van der Waals surface area contributed by atoms with Gasteiger partial charge < -0.3 is 4.57 Å². The van der Waals surface area contributed by atoms with Crippen LogP contribution in [0.1, 0.15) is 34.0 Å². The van der Waals surface area contributed by atoms with E-state index in [0.29, 0.717) is 5.56 Å². The molecule has 1 aromatic heterocycles. The van der Waals surface area contributed by atoms with E-state index in [1.165, 1.54) is 18.3 Å². The van der Waals surface area contributed by atoms with E-state index in [2.05, 4.69) is 10.5 Å². The van der Waals surface area contributed by atoms with Crippen LogP contribution >= 0.6 is 0 Å². The monoisotopic (exact) mass is 415 g/mol. The molecule has 0 saturated carbocycles. The molecule has 0 fully saturated rings. The molecule has 0 radical (unpaired) electrons. The van der Waals surface area contributed by atoms with Crippen LogP contribution in [0.4, 0.5) is 5.69 Å². The number of non-ortho nitro benzene ring substituents is 1. The fraction of sp³-hybridized carbons (Fsp3) is 0.174. The van der Waals surface area contributed by atoms with Crippen LogP contribution < -0.4 is 5.43 Å². The Morgan fingerprint density at radius 2 is 1.90 bits per heavy atom. The van der Waals surface area contributed by atoms with Gasteiger partial charge in [-0.3, -0.25) is 14.9 Å². The van der Waals surface area contributed by atoms with Crippen LogP contribution in [0.2, 0.25) is 0 Å². The van der Waals surface area contributed by atoms with E-state index >= 15 is 0 Å². The number of nitrogens with one attached hydrogen (secondary N) is 1. The average Bonchev–Trinajstić information content (AvgIpc) is 3.02. The number of aryl methyl sites for hydroxylation is 2. The number of benzene rings is 2. The molecular weight excluding hydrogens is 394 g/mol. The van der Waals surface area contributed by atoms with Gasteiger partial charge in [-0.05, 0) is 44.0 Å². The molecule has 3 aromatic rings. The Labute approximate surface area is 179 Å². The van der Waals surface area contributed by atoms with Crippen molar-refractivity contribution in [2.24, 2.45) is 5.10 Å². The highest BCUT2D eigenvalue weighted by Gasteiger charge is 2.19. The Morgan fingerprint density at radius 1 is 1.19 bits per heavy atom. The van der Waals surface area contributed by atoms with Crippen molar-refractivity contribution < 1.29 is 9.72 Å². The van der Waals surface area contributed by atoms with Crippen molar-refractivity contribution in [3.05, 3.63) is 92.8 Å². The zero-order chi connectivity index (χ0) is 22.5. The standard InChI is InChI=1S/C23H21N5O3/c1-15-11-20(28(30)31)9-10-22(15)27-16(2)12-19(17(27)3)14-25-26-23(29)21(13-24)18-7-5-4-6-8-18/h4-12,14,21H,1-3H3,(H,26,29)/b25-14-/t21-/m0/s1. The molecule has 0 aliphatic rings. The zero-order valence-corrected chi connectivity index (χ0v) is 17.4. The number of nitro benzene ring substituents is 1. The van der Waals surface area contributed by atoms with E-state index in [1.807, 2.05) is 43.5 Å². The topological polar surface area (TPSA) is 113 Å². The maximum atomic E-state index is 12.4. The molecule has 8 nitrogen and oxygen atoms in total. The van der Waals surface area contributed by atoms with Crippen molar-refractivity contribution >= 4 is 17.8 Å². The quantitative estimate of drug-likeness (QED) is 0.371. The van der Waals surface area contributed by atoms with E-state index in [1.54, 1.807) is 30.3 Å². The summed E-state index contributed by atoms with van der Waals surface area (Å²) >= 11 is 0. The average molecular weight is 415 g/mol. The summed E-state index contributed by atoms with van der Waals surface area (Å²) in [5.74, 6) is -1.46. The van der Waals surface area contributed by atoms with E-state index in [9.17, 15) is 20.2 Å². The summed E-state index contributed by atoms with van der Waals surface area (Å²) in [6, 6.07) is 17.4. The van der Waals surface area contributed by atoms with Crippen LogP contribution in [0.15, 0.2) is 59.7 Å². The predicted octanol–water partition coefficient (Wildman–Crippen LogP) is 4.07. The molecule has 8 heteroatoms. The highest BCUT2D eigenvalue weighted by molar-refractivity contribution is 5.88. The number of hydrazone groups is 1. The second-order valence-electron chi connectivity index (χ2n) is 7.10. The minimum atomic E-state index is -0.950. The van der Waals surface area contributed by atoms with Crippen molar-refractivity contribution in [3.63, 3.8) is 0 Å². The van der Waals surface area contributed by atoms with Gasteiger partial charge in [0.25, 0.3) is 11.6 Å². The normalized spacial score (nSPS) is 11.8. The van der Waals surface area contributed by atoms with Gasteiger partial charge in [-0.1, -0.05) is 30.3 Å². The lowest BCUT2D eigenvalue weighted by molar-refractivity contribution is -0.384. The molecule has 156 valence electrons. The number of rotatable bonds is 6. The van der Waals surface area contributed by atoms with Gasteiger partial charge >= 0.3 is 0 Å². The van der Waals surface area contributed by atoms with Crippen LogP contribution in [-0.4, -0.2) is 21.6 Å². The third-order valence-electron chi connectivity index (χ3n) is 5.00. The number of amides is 1. The van der Waals surface area contributed by atoms with Gasteiger partial charge in [0, 0.05) is 34.8 Å². The van der Waals surface area contributed by atoms with E-state index in [0.717, 1.165) is 28.2 Å². The van der Waals surface area contributed by atoms with Gasteiger partial charge in [0.05, 0.1) is 17.2 Å². The van der Waals surface area contributed by atoms with Crippen molar-refractivity contribution in [2.75, 3.05) is 0 Å². The number of nitrogens with zero attached hydrogens (tertiary/aromatic N) is 4. The van der Waals surface area contributed by atoms with E-state index < -0.39 is 16.7 Å². The van der Waals surface area contributed by atoms with Crippen LogP contribution in [0.5, 0.6) is 0 Å². The molecule has 1 amide bonds. The molecule has 2 aromatic carbocycles. The first-order valence-corrected chi connectivity index (χ1v) is 9.55. The second kappa shape index (κ2) is 9.05. The Hall–Kier alpha value is -4.25. The fourth-order valence-electron chi connectivity index (χ4n) is 3.45. The maximum Gasteiger partial charge on any atom is 0.269 e. The lowest BCUT2D eigenvalue weighted by atomic mass is 10.0. The van der Waals surface area contributed by atoms with Crippen molar-refractivity contribution in [1.82, 2.24) is 9.99 Å². The van der Waals surface area contributed by atoms with Crippen LogP contribution in [0.3, 0.4) is 0 Å². The van der Waals surface area contributed by atoms with Gasteiger partial charge in [-0.2, -0.15) is 10.4 Å². The lowest BCUT2D eigenvalue weighted by Crippen LogP contribution is -2.24. The summed E-state index contributed by atoms with van der Waals surface area (Å²) in [5.41, 5.74) is 7.24. The van der Waals surface area contributed by atoms with Crippen LogP contribution in [0, 0.1) is 42.2 Å². The molecule has 0 unspecified atom stereocenters. The summed E-state index contributed by atoms with van der Waals surface area (Å²) < 4.78 is 1.98. The number of carbonyl (C=O) groups is 1. The fourth-order valence-corrected chi connectivity index (χ4v) is 3.45. The molecule has 0 aliphatic heterocycles. The minimum Gasteiger partial charge on any atom is -0.318 e. The SMILES string of the molecule is Cc1cc([N+](=O)[O-])ccc1-n1c(C)cc(/C=N\NC(=O)[C@@H](C#N)c2ccccc2)c1C. The second-order valence-corrected chi connectivity index (χ2v) is 7.10. The van der Waals surface area contributed by atoms with Gasteiger partial charge in [0.15, 0.2) is 5.92 Å². The van der Waals surface area contributed by atoms with Crippen molar-refractivity contribution in [3.8, 4) is 11.8 Å². The third kappa shape index (κ3) is 4.51. The molecule has 0 spiro atoms. The Bertz CT molecular complexity index is 1210. The van der Waals surface area contributed by atoms with Crippen LogP contribution in [-0.2, 0) is 4.79 Å². The molecule has 0 aliphatic carbocycles. The molecule has 1 N–H and O–H groups in total. The maximum absolute atomic E-state index is 12.4. The summed E-state index contributed by atoms with van der Waals surface area (Å²) in [5, 5.41) is 24.4. The van der Waals surface area contributed by atoms with Gasteiger partial charge in [0.2, 0.25) is 0 Å². The largest absolute Gasteiger partial charge is 0.318 e. The van der Waals surface area contributed by atoms with Crippen molar-refractivity contribution in [2.45, 2.75) is 26.7 Å². The number of carbonyl (C=O) groups excluding carboxylic acids is 1. The zero-order valence-electron chi connectivity index (χ0n) is 17.4. The smallest absolute Gasteiger partial charge is 0.269 e. The Morgan fingerprint density at radius 3 is 2.52 bits per heavy atom. The molecule has 3 rings (SSSR count). The highest BCUT2D eigenvalue weighted by atomic mass is 16.6. The highest BCUT2D eigenvalue weighted by Crippen LogP contribution is 2.25. The number of hydrogen-bond donors (Lipinski definition) is 1. The van der Waals surface area contributed by atoms with Gasteiger partial charge in [-0.25, -0.2) is 5.43 Å². The molecular formula is C23H21N5O3. The molecule has 31 heavy (non-hydrogen) atoms. The predicted molar refractivity (Wildman–Crippen MR) is 117 cm³/mol. The van der Waals surface area contributed by atoms with Gasteiger partial charge in [-0.15, -0.1) is 0 Å². The summed E-state index contributed by atoms with van der Waals surface area (Å²) in [4.78, 5) is 22.9. The van der Waals surface area contributed by atoms with Crippen LogP contribution in [0.25, 0.3) is 5.69 Å². The first kappa shape index (κ1) is 21.5. The molecule has 0 bridgehead atoms. The number of nitro groups is 1. The van der Waals surface area contributed by atoms with Gasteiger partial charge in [0.1, 0.15) is 0 Å². The Balaban J connectivity index is 1.81. The molecule has 0 saturated heterocycles. The number of hydrogen-bond acceptors (Lipinski definition) is 5. The minimum absolute atomic E-state index is 0.0404. The lowest BCUT2D eigenvalue weighted by Gasteiger charge is -2.12. The Kier molecular flexibility index (Phi) is 6.26. The summed E-state index contributed by atoms with van der Waals surface area (Å²) in [7, 11) is 0. The summed E-state index contributed by atoms with van der Waals surface area (Å²) in [6.07, 6.45) is 1.52. The number of aromatic nitrogens is 1. The first-order chi connectivity index (χ1) is 14.8. The summed E-state index contributed by atoms with van der Waals surface area (Å²) in [6.45, 7) is 5.64.